The first-order valence-corrected chi connectivity index (χ1v) is 5.21. The van der Waals surface area contributed by atoms with Gasteiger partial charge in [0.1, 0.15) is 11.5 Å². The van der Waals surface area contributed by atoms with Gasteiger partial charge in [0.15, 0.2) is 0 Å². The van der Waals surface area contributed by atoms with E-state index in [1.165, 1.54) is 0 Å². The Kier molecular flexibility index (Phi) is 4.58. The van der Waals surface area contributed by atoms with Gasteiger partial charge in [-0.15, -0.1) is 0 Å². The Labute approximate surface area is 96.3 Å². The molecule has 0 atom stereocenters. The summed E-state index contributed by atoms with van der Waals surface area (Å²) in [6.07, 6.45) is 0. The van der Waals surface area contributed by atoms with Gasteiger partial charge in [-0.3, -0.25) is 4.84 Å². The summed E-state index contributed by atoms with van der Waals surface area (Å²) >= 11 is 0. The molecule has 0 saturated carbocycles. The SMILES string of the molecule is COc1ccc(OC)c(C(C)C)c1CON. The highest BCUT2D eigenvalue weighted by molar-refractivity contribution is 5.50. The lowest BCUT2D eigenvalue weighted by Crippen LogP contribution is -2.07. The van der Waals surface area contributed by atoms with Crippen molar-refractivity contribution in [3.05, 3.63) is 23.3 Å². The van der Waals surface area contributed by atoms with Crippen molar-refractivity contribution in [3.8, 4) is 11.5 Å². The molecule has 0 fully saturated rings. The Balaban J connectivity index is 3.34. The lowest BCUT2D eigenvalue weighted by molar-refractivity contribution is 0.121. The van der Waals surface area contributed by atoms with Crippen LogP contribution in [0.4, 0.5) is 0 Å². The molecule has 0 aliphatic heterocycles. The third-order valence-corrected chi connectivity index (χ3v) is 2.52. The highest BCUT2D eigenvalue weighted by atomic mass is 16.6. The molecular formula is C12H19NO3. The molecule has 90 valence electrons. The van der Waals surface area contributed by atoms with E-state index in [0.29, 0.717) is 12.5 Å². The molecule has 0 unspecified atom stereocenters. The van der Waals surface area contributed by atoms with E-state index in [2.05, 4.69) is 13.8 Å². The molecule has 0 aromatic heterocycles. The second-order valence-electron chi connectivity index (χ2n) is 3.83. The smallest absolute Gasteiger partial charge is 0.125 e. The van der Waals surface area contributed by atoms with Gasteiger partial charge in [0.25, 0.3) is 0 Å². The molecule has 0 spiro atoms. The number of rotatable bonds is 5. The minimum Gasteiger partial charge on any atom is -0.496 e. The first-order chi connectivity index (χ1) is 7.65. The first-order valence-electron chi connectivity index (χ1n) is 5.21. The van der Waals surface area contributed by atoms with Gasteiger partial charge in [-0.1, -0.05) is 13.8 Å². The van der Waals surface area contributed by atoms with Gasteiger partial charge < -0.3 is 9.47 Å². The predicted octanol–water partition coefficient (Wildman–Crippen LogP) is 2.22. The fraction of sp³-hybridized carbons (Fsp3) is 0.500. The summed E-state index contributed by atoms with van der Waals surface area (Å²) in [5.74, 6) is 7.07. The van der Waals surface area contributed by atoms with E-state index in [1.54, 1.807) is 14.2 Å². The van der Waals surface area contributed by atoms with E-state index in [1.807, 2.05) is 12.1 Å². The quantitative estimate of drug-likeness (QED) is 0.781. The van der Waals surface area contributed by atoms with Gasteiger partial charge in [-0.25, -0.2) is 5.90 Å². The second kappa shape index (κ2) is 5.72. The van der Waals surface area contributed by atoms with Gasteiger partial charge in [-0.2, -0.15) is 0 Å². The van der Waals surface area contributed by atoms with E-state index in [-0.39, 0.29) is 0 Å². The molecule has 0 aliphatic carbocycles. The van der Waals surface area contributed by atoms with Crippen molar-refractivity contribution < 1.29 is 14.3 Å². The maximum absolute atomic E-state index is 5.34. The molecular weight excluding hydrogens is 206 g/mol. The average Bonchev–Trinajstić information content (AvgIpc) is 2.28. The summed E-state index contributed by atoms with van der Waals surface area (Å²) in [6.45, 7) is 4.50. The van der Waals surface area contributed by atoms with Gasteiger partial charge in [-0.05, 0) is 18.1 Å². The Morgan fingerprint density at radius 1 is 1.12 bits per heavy atom. The van der Waals surface area contributed by atoms with E-state index < -0.39 is 0 Å². The Hall–Kier alpha value is -1.26. The van der Waals surface area contributed by atoms with Crippen LogP contribution in [0.15, 0.2) is 12.1 Å². The maximum atomic E-state index is 5.34. The molecule has 0 aliphatic rings. The molecule has 0 heterocycles. The van der Waals surface area contributed by atoms with Crippen molar-refractivity contribution in [2.24, 2.45) is 5.90 Å². The molecule has 0 bridgehead atoms. The third-order valence-electron chi connectivity index (χ3n) is 2.52. The van der Waals surface area contributed by atoms with Crippen molar-refractivity contribution >= 4 is 0 Å². The summed E-state index contributed by atoms with van der Waals surface area (Å²) in [4.78, 5) is 4.73. The summed E-state index contributed by atoms with van der Waals surface area (Å²) < 4.78 is 10.6. The fourth-order valence-electron chi connectivity index (χ4n) is 1.86. The summed E-state index contributed by atoms with van der Waals surface area (Å²) in [5, 5.41) is 0. The van der Waals surface area contributed by atoms with Crippen molar-refractivity contribution in [2.75, 3.05) is 14.2 Å². The van der Waals surface area contributed by atoms with Gasteiger partial charge in [0.2, 0.25) is 0 Å². The highest BCUT2D eigenvalue weighted by Crippen LogP contribution is 2.35. The van der Waals surface area contributed by atoms with Crippen LogP contribution in [0, 0.1) is 0 Å². The van der Waals surface area contributed by atoms with Crippen LogP contribution in [0.25, 0.3) is 0 Å². The molecule has 4 heteroatoms. The van der Waals surface area contributed by atoms with Crippen LogP contribution in [0.5, 0.6) is 11.5 Å². The lowest BCUT2D eigenvalue weighted by atomic mass is 9.95. The molecule has 1 aromatic carbocycles. The van der Waals surface area contributed by atoms with Crippen molar-refractivity contribution in [1.82, 2.24) is 0 Å². The zero-order chi connectivity index (χ0) is 12.1. The number of hydrogen-bond donors (Lipinski definition) is 1. The maximum Gasteiger partial charge on any atom is 0.125 e. The zero-order valence-corrected chi connectivity index (χ0v) is 10.2. The summed E-state index contributed by atoms with van der Waals surface area (Å²) in [6, 6.07) is 3.76. The lowest BCUT2D eigenvalue weighted by Gasteiger charge is -2.19. The molecule has 1 aromatic rings. The van der Waals surface area contributed by atoms with Crippen molar-refractivity contribution in [3.63, 3.8) is 0 Å². The fourth-order valence-corrected chi connectivity index (χ4v) is 1.86. The minimum absolute atomic E-state index is 0.313. The Morgan fingerprint density at radius 2 is 1.69 bits per heavy atom. The number of methoxy groups -OCH3 is 2. The topological polar surface area (TPSA) is 53.7 Å². The predicted molar refractivity (Wildman–Crippen MR) is 62.6 cm³/mol. The third kappa shape index (κ3) is 2.46. The van der Waals surface area contributed by atoms with Crippen molar-refractivity contribution in [1.29, 1.82) is 0 Å². The molecule has 0 radical (unpaired) electrons. The van der Waals surface area contributed by atoms with Crippen LogP contribution in [0.2, 0.25) is 0 Å². The van der Waals surface area contributed by atoms with Crippen LogP contribution in [0.1, 0.15) is 30.9 Å². The van der Waals surface area contributed by atoms with Crippen LogP contribution in [-0.4, -0.2) is 14.2 Å². The van der Waals surface area contributed by atoms with Gasteiger partial charge >= 0.3 is 0 Å². The van der Waals surface area contributed by atoms with Crippen LogP contribution >= 0.6 is 0 Å². The number of nitrogens with two attached hydrogens (primary N) is 1. The number of benzene rings is 1. The normalized spacial score (nSPS) is 10.6. The second-order valence-corrected chi connectivity index (χ2v) is 3.83. The van der Waals surface area contributed by atoms with Crippen LogP contribution in [-0.2, 0) is 11.4 Å². The highest BCUT2D eigenvalue weighted by Gasteiger charge is 2.17. The van der Waals surface area contributed by atoms with Crippen LogP contribution < -0.4 is 15.4 Å². The molecule has 1 rings (SSSR count). The van der Waals surface area contributed by atoms with Gasteiger partial charge in [0, 0.05) is 11.1 Å². The largest absolute Gasteiger partial charge is 0.496 e. The summed E-state index contributed by atoms with van der Waals surface area (Å²) in [5.41, 5.74) is 2.02. The van der Waals surface area contributed by atoms with Crippen LogP contribution in [0.3, 0.4) is 0 Å². The zero-order valence-electron chi connectivity index (χ0n) is 10.2. The average molecular weight is 225 g/mol. The first kappa shape index (κ1) is 12.8. The van der Waals surface area contributed by atoms with E-state index in [9.17, 15) is 0 Å². The number of hydrogen-bond acceptors (Lipinski definition) is 4. The molecule has 0 saturated heterocycles. The monoisotopic (exact) mass is 225 g/mol. The van der Waals surface area contributed by atoms with E-state index in [4.69, 9.17) is 20.2 Å². The molecule has 2 N–H and O–H groups in total. The Bertz CT molecular complexity index is 350. The van der Waals surface area contributed by atoms with E-state index >= 15 is 0 Å². The number of ether oxygens (including phenoxy) is 2. The van der Waals surface area contributed by atoms with Gasteiger partial charge in [0.05, 0.1) is 20.8 Å². The molecule has 0 amide bonds. The Morgan fingerprint density at radius 3 is 2.12 bits per heavy atom. The van der Waals surface area contributed by atoms with E-state index in [0.717, 1.165) is 22.6 Å². The molecule has 16 heavy (non-hydrogen) atoms. The van der Waals surface area contributed by atoms with Crippen molar-refractivity contribution in [2.45, 2.75) is 26.4 Å². The summed E-state index contributed by atoms with van der Waals surface area (Å²) in [7, 11) is 3.28. The molecule has 4 nitrogen and oxygen atoms in total. The standard InChI is InChI=1S/C12H19NO3/c1-8(2)12-9(7-16-13)10(14-3)5-6-11(12)15-4/h5-6,8H,7,13H2,1-4H3. The minimum atomic E-state index is 0.313.